The van der Waals surface area contributed by atoms with Gasteiger partial charge < -0.3 is 15.2 Å². The molecule has 1 aromatic carbocycles. The minimum atomic E-state index is -0.143. The molecule has 0 bridgehead atoms. The first-order valence-corrected chi connectivity index (χ1v) is 9.70. The minimum absolute atomic E-state index is 0.143. The van der Waals surface area contributed by atoms with Gasteiger partial charge in [-0.1, -0.05) is 35.5 Å². The van der Waals surface area contributed by atoms with Gasteiger partial charge in [0.05, 0.1) is 5.39 Å². The van der Waals surface area contributed by atoms with Crippen molar-refractivity contribution in [1.82, 2.24) is 15.1 Å². The van der Waals surface area contributed by atoms with Gasteiger partial charge in [-0.25, -0.2) is 9.97 Å². The van der Waals surface area contributed by atoms with E-state index in [0.29, 0.717) is 18.1 Å². The second kappa shape index (κ2) is 7.77. The highest BCUT2D eigenvalue weighted by molar-refractivity contribution is 7.19. The fourth-order valence-corrected chi connectivity index (χ4v) is 4.07. The zero-order valence-corrected chi connectivity index (χ0v) is 16.3. The summed E-state index contributed by atoms with van der Waals surface area (Å²) in [6, 6.07) is 11.9. The second-order valence-corrected chi connectivity index (χ2v) is 7.55. The lowest BCUT2D eigenvalue weighted by atomic mass is 10.0. The summed E-state index contributed by atoms with van der Waals surface area (Å²) >= 11 is 1.64. The SMILES string of the molecule is Cc1cc(NC(=O)CCNc2ncnc3sc(C)c(-c4ccccc4)c23)no1. The Labute approximate surface area is 165 Å². The number of nitrogens with zero attached hydrogens (tertiary/aromatic N) is 3. The summed E-state index contributed by atoms with van der Waals surface area (Å²) in [5.74, 6) is 1.67. The maximum atomic E-state index is 12.1. The number of nitrogens with one attached hydrogen (secondary N) is 2. The number of rotatable bonds is 6. The van der Waals surface area contributed by atoms with Gasteiger partial charge >= 0.3 is 0 Å². The van der Waals surface area contributed by atoms with E-state index in [2.05, 4.69) is 44.8 Å². The summed E-state index contributed by atoms with van der Waals surface area (Å²) in [5.41, 5.74) is 2.26. The lowest BCUT2D eigenvalue weighted by molar-refractivity contribution is -0.116. The molecule has 0 atom stereocenters. The van der Waals surface area contributed by atoms with Crippen molar-refractivity contribution in [3.63, 3.8) is 0 Å². The van der Waals surface area contributed by atoms with Crippen LogP contribution in [0.4, 0.5) is 11.6 Å². The molecule has 0 saturated heterocycles. The first kappa shape index (κ1) is 18.1. The van der Waals surface area contributed by atoms with Crippen LogP contribution >= 0.6 is 11.3 Å². The number of hydrogen-bond donors (Lipinski definition) is 2. The third-order valence-corrected chi connectivity index (χ3v) is 5.28. The third-order valence-electron chi connectivity index (χ3n) is 4.27. The Kier molecular flexibility index (Phi) is 5.03. The maximum Gasteiger partial charge on any atom is 0.227 e. The summed E-state index contributed by atoms with van der Waals surface area (Å²) < 4.78 is 4.95. The van der Waals surface area contributed by atoms with Crippen LogP contribution in [0, 0.1) is 13.8 Å². The number of benzene rings is 1. The average molecular weight is 393 g/mol. The molecule has 7 nitrogen and oxygen atoms in total. The molecule has 8 heteroatoms. The predicted octanol–water partition coefficient (Wildman–Crippen LogP) is 4.40. The lowest BCUT2D eigenvalue weighted by Crippen LogP contribution is -2.16. The number of anilines is 2. The van der Waals surface area contributed by atoms with Crippen molar-refractivity contribution in [2.75, 3.05) is 17.2 Å². The Bertz CT molecular complexity index is 1120. The van der Waals surface area contributed by atoms with Crippen LogP contribution in [0.5, 0.6) is 0 Å². The Morgan fingerprint density at radius 2 is 2.00 bits per heavy atom. The van der Waals surface area contributed by atoms with E-state index in [1.807, 2.05) is 18.2 Å². The molecule has 0 aliphatic heterocycles. The molecule has 0 saturated carbocycles. The molecule has 0 aliphatic rings. The van der Waals surface area contributed by atoms with E-state index in [1.54, 1.807) is 30.7 Å². The van der Waals surface area contributed by atoms with Gasteiger partial charge in [-0.15, -0.1) is 11.3 Å². The summed E-state index contributed by atoms with van der Waals surface area (Å²) in [6.07, 6.45) is 1.83. The van der Waals surface area contributed by atoms with E-state index in [1.165, 1.54) is 4.88 Å². The number of carbonyl (C=O) groups excluding carboxylic acids is 1. The molecule has 0 fully saturated rings. The first-order valence-electron chi connectivity index (χ1n) is 8.88. The molecule has 2 N–H and O–H groups in total. The highest BCUT2D eigenvalue weighted by Gasteiger charge is 2.16. The number of carbonyl (C=O) groups is 1. The highest BCUT2D eigenvalue weighted by atomic mass is 32.1. The normalized spacial score (nSPS) is 10.9. The van der Waals surface area contributed by atoms with Crippen molar-refractivity contribution in [1.29, 1.82) is 0 Å². The molecule has 142 valence electrons. The largest absolute Gasteiger partial charge is 0.369 e. The minimum Gasteiger partial charge on any atom is -0.369 e. The van der Waals surface area contributed by atoms with Gasteiger partial charge in [0.15, 0.2) is 5.82 Å². The Hall–Kier alpha value is -3.26. The van der Waals surface area contributed by atoms with Gasteiger partial charge in [0.25, 0.3) is 0 Å². The molecule has 0 aliphatic carbocycles. The van der Waals surface area contributed by atoms with E-state index in [9.17, 15) is 4.79 Å². The zero-order chi connectivity index (χ0) is 19.5. The number of aromatic nitrogens is 3. The van der Waals surface area contributed by atoms with E-state index in [-0.39, 0.29) is 12.3 Å². The summed E-state index contributed by atoms with van der Waals surface area (Å²) in [5, 5.41) is 10.8. The Morgan fingerprint density at radius 1 is 1.18 bits per heavy atom. The number of aryl methyl sites for hydroxylation is 2. The molecular formula is C20H19N5O2S. The van der Waals surface area contributed by atoms with E-state index in [0.717, 1.165) is 27.2 Å². The Balaban J connectivity index is 1.52. The molecule has 28 heavy (non-hydrogen) atoms. The van der Waals surface area contributed by atoms with Gasteiger partial charge in [-0.05, 0) is 19.4 Å². The number of hydrogen-bond acceptors (Lipinski definition) is 7. The van der Waals surface area contributed by atoms with Crippen LogP contribution in [0.25, 0.3) is 21.3 Å². The van der Waals surface area contributed by atoms with Crippen LogP contribution in [0.15, 0.2) is 47.2 Å². The topological polar surface area (TPSA) is 92.9 Å². The summed E-state index contributed by atoms with van der Waals surface area (Å²) in [4.78, 5) is 23.1. The van der Waals surface area contributed by atoms with Crippen LogP contribution in [0.2, 0.25) is 0 Å². The fourth-order valence-electron chi connectivity index (χ4n) is 3.06. The molecule has 3 aromatic heterocycles. The smallest absolute Gasteiger partial charge is 0.227 e. The molecule has 0 radical (unpaired) electrons. The lowest BCUT2D eigenvalue weighted by Gasteiger charge is -2.09. The average Bonchev–Trinajstić information content (AvgIpc) is 3.24. The van der Waals surface area contributed by atoms with E-state index >= 15 is 0 Å². The third kappa shape index (κ3) is 3.72. The monoisotopic (exact) mass is 393 g/mol. The van der Waals surface area contributed by atoms with Gasteiger partial charge in [0.2, 0.25) is 5.91 Å². The Morgan fingerprint density at radius 3 is 2.75 bits per heavy atom. The van der Waals surface area contributed by atoms with Gasteiger partial charge in [0.1, 0.15) is 22.7 Å². The fraction of sp³-hybridized carbons (Fsp3) is 0.200. The van der Waals surface area contributed by atoms with Crippen LogP contribution in [-0.2, 0) is 4.79 Å². The highest BCUT2D eigenvalue weighted by Crippen LogP contribution is 2.40. The predicted molar refractivity (Wildman–Crippen MR) is 111 cm³/mol. The van der Waals surface area contributed by atoms with E-state index in [4.69, 9.17) is 4.52 Å². The van der Waals surface area contributed by atoms with Crippen molar-refractivity contribution in [3.8, 4) is 11.1 Å². The number of thiophene rings is 1. The molecule has 4 rings (SSSR count). The van der Waals surface area contributed by atoms with Crippen molar-refractivity contribution in [2.24, 2.45) is 0 Å². The standard InChI is InChI=1S/C20H19N5O2S/c1-12-10-15(25-27-12)24-16(26)8-9-21-19-18-17(14-6-4-3-5-7-14)13(2)28-20(18)23-11-22-19/h3-7,10-11H,8-9H2,1-2H3,(H,21,22,23)(H,24,25,26). The quantitative estimate of drug-likeness (QED) is 0.504. The molecule has 1 amide bonds. The summed E-state index contributed by atoms with van der Waals surface area (Å²) in [6.45, 7) is 4.31. The van der Waals surface area contributed by atoms with E-state index < -0.39 is 0 Å². The van der Waals surface area contributed by atoms with Crippen LogP contribution in [0.3, 0.4) is 0 Å². The number of fused-ring (bicyclic) bond motifs is 1. The van der Waals surface area contributed by atoms with Crippen molar-refractivity contribution in [2.45, 2.75) is 20.3 Å². The maximum absolute atomic E-state index is 12.1. The van der Waals surface area contributed by atoms with Gasteiger partial charge in [-0.2, -0.15) is 0 Å². The van der Waals surface area contributed by atoms with Gasteiger partial charge in [-0.3, -0.25) is 4.79 Å². The van der Waals surface area contributed by atoms with Crippen molar-refractivity contribution in [3.05, 3.63) is 53.4 Å². The molecule has 4 aromatic rings. The molecule has 0 unspecified atom stereocenters. The molecule has 3 heterocycles. The number of amides is 1. The molecule has 0 spiro atoms. The summed E-state index contributed by atoms with van der Waals surface area (Å²) in [7, 11) is 0. The van der Waals surface area contributed by atoms with Gasteiger partial charge in [0, 0.05) is 29.5 Å². The van der Waals surface area contributed by atoms with Crippen LogP contribution in [-0.4, -0.2) is 27.6 Å². The second-order valence-electron chi connectivity index (χ2n) is 6.35. The zero-order valence-electron chi connectivity index (χ0n) is 15.5. The van der Waals surface area contributed by atoms with Crippen molar-refractivity contribution < 1.29 is 9.32 Å². The van der Waals surface area contributed by atoms with Crippen LogP contribution in [0.1, 0.15) is 17.1 Å². The first-order chi connectivity index (χ1) is 13.6. The van der Waals surface area contributed by atoms with Crippen molar-refractivity contribution >= 4 is 39.1 Å². The molecular weight excluding hydrogens is 374 g/mol. The van der Waals surface area contributed by atoms with Crippen LogP contribution < -0.4 is 10.6 Å².